The van der Waals surface area contributed by atoms with Gasteiger partial charge in [0, 0.05) is 10.9 Å². The van der Waals surface area contributed by atoms with E-state index in [-0.39, 0.29) is 17.6 Å². The van der Waals surface area contributed by atoms with Crippen LogP contribution in [0, 0.1) is 0 Å². The van der Waals surface area contributed by atoms with Gasteiger partial charge in [-0.25, -0.2) is 4.98 Å². The highest BCUT2D eigenvalue weighted by Gasteiger charge is 2.10. The molecule has 0 saturated carbocycles. The number of hydrogen-bond donors (Lipinski definition) is 2. The van der Waals surface area contributed by atoms with Crippen LogP contribution in [0.4, 0.5) is 0 Å². The highest BCUT2D eigenvalue weighted by Crippen LogP contribution is 2.25. The van der Waals surface area contributed by atoms with E-state index in [0.717, 1.165) is 27.9 Å². The topological polar surface area (TPSA) is 71.1 Å². The maximum atomic E-state index is 12.0. The van der Waals surface area contributed by atoms with Crippen LogP contribution in [0.1, 0.15) is 22.8 Å². The molecule has 6 heteroatoms. The number of thioether (sulfide) groups is 1. The quantitative estimate of drug-likeness (QED) is 0.537. The van der Waals surface area contributed by atoms with E-state index in [0.29, 0.717) is 5.56 Å². The fourth-order valence-corrected chi connectivity index (χ4v) is 3.37. The molecule has 5 nitrogen and oxygen atoms in total. The maximum Gasteiger partial charge on any atom is 0.269 e. The number of carbonyl (C=O) groups is 2. The first-order valence-corrected chi connectivity index (χ1v) is 9.31. The van der Waals surface area contributed by atoms with E-state index < -0.39 is 0 Å². The summed E-state index contributed by atoms with van der Waals surface area (Å²) in [6.45, 7) is 2.07. The van der Waals surface area contributed by atoms with E-state index in [2.05, 4.69) is 28.8 Å². The third kappa shape index (κ3) is 4.40. The molecule has 2 aromatic carbocycles. The number of hydrogen-bond acceptors (Lipinski definition) is 4. The lowest BCUT2D eigenvalue weighted by molar-refractivity contribution is -0.119. The molecule has 0 bridgehead atoms. The molecule has 0 radical (unpaired) electrons. The number of aromatic nitrogens is 1. The molecule has 2 amide bonds. The number of rotatable bonds is 5. The molecular weight excluding hydrogens is 346 g/mol. The first kappa shape index (κ1) is 17.9. The van der Waals surface area contributed by atoms with E-state index in [1.165, 1.54) is 11.8 Å². The summed E-state index contributed by atoms with van der Waals surface area (Å²) >= 11 is 1.37. The summed E-state index contributed by atoms with van der Waals surface area (Å²) in [7, 11) is 0. The number of nitrogens with zero attached hydrogens (tertiary/aromatic N) is 1. The largest absolute Gasteiger partial charge is 0.272 e. The fourth-order valence-electron chi connectivity index (χ4n) is 2.48. The van der Waals surface area contributed by atoms with Crippen LogP contribution in [0.5, 0.6) is 0 Å². The van der Waals surface area contributed by atoms with Crippen molar-refractivity contribution >= 4 is 34.5 Å². The molecule has 0 spiro atoms. The van der Waals surface area contributed by atoms with Crippen molar-refractivity contribution in [1.82, 2.24) is 15.8 Å². The minimum absolute atomic E-state index is 0.174. The Bertz CT molecular complexity index is 929. The molecule has 3 aromatic rings. The van der Waals surface area contributed by atoms with Crippen molar-refractivity contribution in [2.75, 3.05) is 5.75 Å². The number of amides is 2. The Hall–Kier alpha value is -2.86. The minimum Gasteiger partial charge on any atom is -0.272 e. The number of pyridine rings is 1. The van der Waals surface area contributed by atoms with Crippen LogP contribution in [0.25, 0.3) is 10.9 Å². The second-order valence-electron chi connectivity index (χ2n) is 5.66. The van der Waals surface area contributed by atoms with E-state index in [1.54, 1.807) is 24.3 Å². The molecule has 26 heavy (non-hydrogen) atoms. The third-order valence-electron chi connectivity index (χ3n) is 3.84. The van der Waals surface area contributed by atoms with Gasteiger partial charge in [-0.1, -0.05) is 55.1 Å². The first-order chi connectivity index (χ1) is 12.7. The number of hydrazine groups is 1. The van der Waals surface area contributed by atoms with Gasteiger partial charge in [-0.3, -0.25) is 20.4 Å². The van der Waals surface area contributed by atoms with Gasteiger partial charge in [0.05, 0.1) is 11.3 Å². The summed E-state index contributed by atoms with van der Waals surface area (Å²) in [6.07, 6.45) is 0.840. The second kappa shape index (κ2) is 8.49. The molecule has 0 fully saturated rings. The summed E-state index contributed by atoms with van der Waals surface area (Å²) in [5.41, 5.74) is 7.36. The van der Waals surface area contributed by atoms with Gasteiger partial charge in [0.2, 0.25) is 5.91 Å². The number of carbonyl (C=O) groups excluding carboxylic acids is 2. The van der Waals surface area contributed by atoms with Gasteiger partial charge >= 0.3 is 0 Å². The van der Waals surface area contributed by atoms with E-state index in [9.17, 15) is 9.59 Å². The highest BCUT2D eigenvalue weighted by molar-refractivity contribution is 7.99. The van der Waals surface area contributed by atoms with E-state index >= 15 is 0 Å². The molecule has 3 rings (SSSR count). The summed E-state index contributed by atoms with van der Waals surface area (Å²) in [4.78, 5) is 28.6. The van der Waals surface area contributed by atoms with Gasteiger partial charge in [0.1, 0.15) is 5.03 Å². The predicted molar refractivity (Wildman–Crippen MR) is 104 cm³/mol. The van der Waals surface area contributed by atoms with Crippen LogP contribution in [-0.4, -0.2) is 22.6 Å². The minimum atomic E-state index is -0.345. The van der Waals surface area contributed by atoms with Crippen LogP contribution in [0.3, 0.4) is 0 Å². The Morgan fingerprint density at radius 1 is 1.00 bits per heavy atom. The van der Waals surface area contributed by atoms with E-state index in [4.69, 9.17) is 0 Å². The van der Waals surface area contributed by atoms with Crippen molar-refractivity contribution in [2.24, 2.45) is 0 Å². The molecular formula is C20H19N3O2S. The Morgan fingerprint density at radius 2 is 1.73 bits per heavy atom. The molecule has 1 heterocycles. The van der Waals surface area contributed by atoms with Crippen molar-refractivity contribution in [2.45, 2.75) is 18.4 Å². The molecule has 0 aliphatic heterocycles. The second-order valence-corrected chi connectivity index (χ2v) is 6.62. The van der Waals surface area contributed by atoms with Crippen molar-refractivity contribution in [1.29, 1.82) is 0 Å². The zero-order chi connectivity index (χ0) is 18.4. The van der Waals surface area contributed by atoms with Gasteiger partial charge in [0.25, 0.3) is 5.91 Å². The number of nitrogens with one attached hydrogen (secondary N) is 2. The molecule has 132 valence electrons. The SMILES string of the molecule is CCc1cc2ccccc2nc1SCC(=O)NNC(=O)c1ccccc1. The monoisotopic (exact) mass is 365 g/mol. The van der Waals surface area contributed by atoms with Crippen molar-refractivity contribution in [3.8, 4) is 0 Å². The Labute approximate surface area is 156 Å². The Balaban J connectivity index is 1.59. The fraction of sp³-hybridized carbons (Fsp3) is 0.150. The van der Waals surface area contributed by atoms with Crippen LogP contribution >= 0.6 is 11.8 Å². The number of benzene rings is 2. The molecule has 0 unspecified atom stereocenters. The van der Waals surface area contributed by atoms with Crippen molar-refractivity contribution < 1.29 is 9.59 Å². The average molecular weight is 365 g/mol. The zero-order valence-corrected chi connectivity index (χ0v) is 15.2. The first-order valence-electron chi connectivity index (χ1n) is 8.33. The smallest absolute Gasteiger partial charge is 0.269 e. The standard InChI is InChI=1S/C20H19N3O2S/c1-2-14-12-16-10-6-7-11-17(16)21-20(14)26-13-18(24)22-23-19(25)15-8-4-3-5-9-15/h3-12H,2,13H2,1H3,(H,22,24)(H,23,25). The zero-order valence-electron chi connectivity index (χ0n) is 14.4. The van der Waals surface area contributed by atoms with Gasteiger partial charge < -0.3 is 0 Å². The third-order valence-corrected chi connectivity index (χ3v) is 4.87. The summed E-state index contributed by atoms with van der Waals surface area (Å²) < 4.78 is 0. The lowest BCUT2D eigenvalue weighted by Gasteiger charge is -2.10. The van der Waals surface area contributed by atoms with Crippen LogP contribution in [-0.2, 0) is 11.2 Å². The average Bonchev–Trinajstić information content (AvgIpc) is 2.70. The number of fused-ring (bicyclic) bond motifs is 1. The molecule has 0 saturated heterocycles. The van der Waals surface area contributed by atoms with E-state index in [1.807, 2.05) is 30.3 Å². The predicted octanol–water partition coefficient (Wildman–Crippen LogP) is 3.35. The summed E-state index contributed by atoms with van der Waals surface area (Å²) in [6, 6.07) is 18.8. The van der Waals surface area contributed by atoms with Gasteiger partial charge in [-0.15, -0.1) is 0 Å². The lowest BCUT2D eigenvalue weighted by Crippen LogP contribution is -2.42. The Kier molecular flexibility index (Phi) is 5.86. The molecule has 0 atom stereocenters. The normalized spacial score (nSPS) is 10.5. The van der Waals surface area contributed by atoms with Gasteiger partial charge in [-0.05, 0) is 36.2 Å². The van der Waals surface area contributed by atoms with Crippen LogP contribution < -0.4 is 10.9 Å². The van der Waals surface area contributed by atoms with Gasteiger partial charge in [0.15, 0.2) is 0 Å². The molecule has 1 aromatic heterocycles. The molecule has 0 aliphatic carbocycles. The van der Waals surface area contributed by atoms with Crippen molar-refractivity contribution in [3.63, 3.8) is 0 Å². The highest BCUT2D eigenvalue weighted by atomic mass is 32.2. The Morgan fingerprint density at radius 3 is 2.50 bits per heavy atom. The number of para-hydroxylation sites is 1. The number of aryl methyl sites for hydroxylation is 1. The summed E-state index contributed by atoms with van der Waals surface area (Å²) in [5, 5.41) is 1.93. The summed E-state index contributed by atoms with van der Waals surface area (Å²) in [5.74, 6) is -0.453. The van der Waals surface area contributed by atoms with Crippen molar-refractivity contribution in [3.05, 3.63) is 71.8 Å². The van der Waals surface area contributed by atoms with Gasteiger partial charge in [-0.2, -0.15) is 0 Å². The molecule has 2 N–H and O–H groups in total. The molecule has 0 aliphatic rings. The lowest BCUT2D eigenvalue weighted by atomic mass is 10.1. The van der Waals surface area contributed by atoms with Crippen LogP contribution in [0.15, 0.2) is 65.7 Å². The van der Waals surface area contributed by atoms with Crippen LogP contribution in [0.2, 0.25) is 0 Å². The maximum absolute atomic E-state index is 12.0.